The zero-order valence-electron chi connectivity index (χ0n) is 15.6. The van der Waals surface area contributed by atoms with Crippen molar-refractivity contribution in [1.29, 1.82) is 0 Å². The standard InChI is InChI=1S/C20H22ClN3O4/c1-2-28-17-6-3-15(4-7-17)13-20(25)23-11-9-22(10-12-23)18-8-5-16(21)14-19(18)24(26)27/h3-8,14H,2,9-13H2,1H3. The van der Waals surface area contributed by atoms with Gasteiger partial charge in [0.1, 0.15) is 11.4 Å². The normalized spacial score (nSPS) is 14.1. The third-order valence-electron chi connectivity index (χ3n) is 4.70. The minimum absolute atomic E-state index is 0.0123. The maximum absolute atomic E-state index is 12.6. The highest BCUT2D eigenvalue weighted by Crippen LogP contribution is 2.31. The summed E-state index contributed by atoms with van der Waals surface area (Å²) in [6.45, 7) is 4.66. The number of anilines is 1. The number of halogens is 1. The average molecular weight is 404 g/mol. The fraction of sp³-hybridized carbons (Fsp3) is 0.350. The predicted molar refractivity (Wildman–Crippen MR) is 108 cm³/mol. The molecule has 28 heavy (non-hydrogen) atoms. The Bertz CT molecular complexity index is 849. The number of nitro benzene ring substituents is 1. The van der Waals surface area contributed by atoms with Crippen molar-refractivity contribution >= 4 is 28.9 Å². The molecular formula is C20H22ClN3O4. The van der Waals surface area contributed by atoms with Crippen molar-refractivity contribution in [3.63, 3.8) is 0 Å². The van der Waals surface area contributed by atoms with Gasteiger partial charge in [0, 0.05) is 37.3 Å². The smallest absolute Gasteiger partial charge is 0.294 e. The van der Waals surface area contributed by atoms with Gasteiger partial charge in [0.15, 0.2) is 0 Å². The van der Waals surface area contributed by atoms with Crippen molar-refractivity contribution in [1.82, 2.24) is 4.90 Å². The van der Waals surface area contributed by atoms with Gasteiger partial charge in [-0.25, -0.2) is 0 Å². The largest absolute Gasteiger partial charge is 0.494 e. The molecule has 1 heterocycles. The Kier molecular flexibility index (Phi) is 6.36. The summed E-state index contributed by atoms with van der Waals surface area (Å²) < 4.78 is 5.41. The van der Waals surface area contributed by atoms with Crippen LogP contribution in [0.1, 0.15) is 12.5 Å². The fourth-order valence-electron chi connectivity index (χ4n) is 3.26. The Hall–Kier alpha value is -2.80. The van der Waals surface area contributed by atoms with E-state index in [1.807, 2.05) is 36.1 Å². The Morgan fingerprint density at radius 1 is 1.14 bits per heavy atom. The first-order valence-corrected chi connectivity index (χ1v) is 9.54. The molecule has 0 saturated carbocycles. The Morgan fingerprint density at radius 2 is 1.82 bits per heavy atom. The van der Waals surface area contributed by atoms with Gasteiger partial charge < -0.3 is 14.5 Å². The van der Waals surface area contributed by atoms with Crippen molar-refractivity contribution in [3.05, 3.63) is 63.2 Å². The molecule has 0 atom stereocenters. The first kappa shape index (κ1) is 19.9. The van der Waals surface area contributed by atoms with Gasteiger partial charge in [-0.1, -0.05) is 23.7 Å². The highest BCUT2D eigenvalue weighted by atomic mass is 35.5. The zero-order valence-corrected chi connectivity index (χ0v) is 16.4. The van der Waals surface area contributed by atoms with Crippen LogP contribution in [0.15, 0.2) is 42.5 Å². The third kappa shape index (κ3) is 4.72. The molecule has 2 aromatic rings. The van der Waals surface area contributed by atoms with Crippen molar-refractivity contribution in [2.24, 2.45) is 0 Å². The summed E-state index contributed by atoms with van der Waals surface area (Å²) in [6, 6.07) is 12.2. The van der Waals surface area contributed by atoms with Gasteiger partial charge >= 0.3 is 0 Å². The molecule has 1 aliphatic rings. The lowest BCUT2D eigenvalue weighted by Crippen LogP contribution is -2.49. The van der Waals surface area contributed by atoms with E-state index in [0.717, 1.165) is 11.3 Å². The second kappa shape index (κ2) is 8.93. The van der Waals surface area contributed by atoms with Crippen molar-refractivity contribution < 1.29 is 14.5 Å². The van der Waals surface area contributed by atoms with E-state index in [2.05, 4.69) is 0 Å². The quantitative estimate of drug-likeness (QED) is 0.544. The summed E-state index contributed by atoms with van der Waals surface area (Å²) in [6.07, 6.45) is 0.327. The first-order chi connectivity index (χ1) is 13.5. The summed E-state index contributed by atoms with van der Waals surface area (Å²) >= 11 is 5.89. The molecule has 8 heteroatoms. The average Bonchev–Trinajstić information content (AvgIpc) is 2.69. The highest BCUT2D eigenvalue weighted by molar-refractivity contribution is 6.30. The second-order valence-electron chi connectivity index (χ2n) is 6.51. The van der Waals surface area contributed by atoms with Crippen LogP contribution >= 0.6 is 11.6 Å². The van der Waals surface area contributed by atoms with Crippen LogP contribution in [-0.2, 0) is 11.2 Å². The van der Waals surface area contributed by atoms with Gasteiger partial charge in [0.25, 0.3) is 5.69 Å². The minimum atomic E-state index is -0.426. The molecule has 0 bridgehead atoms. The summed E-state index contributed by atoms with van der Waals surface area (Å²) in [7, 11) is 0. The number of ether oxygens (including phenoxy) is 1. The number of benzene rings is 2. The molecule has 148 valence electrons. The second-order valence-corrected chi connectivity index (χ2v) is 6.95. The molecule has 0 radical (unpaired) electrons. The van der Waals surface area contributed by atoms with Crippen LogP contribution < -0.4 is 9.64 Å². The number of carbonyl (C=O) groups excluding carboxylic acids is 1. The van der Waals surface area contributed by atoms with Crippen LogP contribution in [0.5, 0.6) is 5.75 Å². The summed E-state index contributed by atoms with van der Waals surface area (Å²) in [4.78, 5) is 27.2. The van der Waals surface area contributed by atoms with Crippen molar-refractivity contribution in [2.75, 3.05) is 37.7 Å². The van der Waals surface area contributed by atoms with Gasteiger partial charge in [-0.3, -0.25) is 14.9 Å². The minimum Gasteiger partial charge on any atom is -0.494 e. The molecule has 1 aliphatic heterocycles. The van der Waals surface area contributed by atoms with Crippen LogP contribution in [-0.4, -0.2) is 48.5 Å². The number of amides is 1. The summed E-state index contributed by atoms with van der Waals surface area (Å²) in [5.74, 6) is 0.839. The van der Waals surface area contributed by atoms with E-state index in [1.54, 1.807) is 17.0 Å². The van der Waals surface area contributed by atoms with E-state index in [4.69, 9.17) is 16.3 Å². The van der Waals surface area contributed by atoms with E-state index >= 15 is 0 Å². The molecule has 2 aromatic carbocycles. The molecule has 1 saturated heterocycles. The lowest BCUT2D eigenvalue weighted by atomic mass is 10.1. The monoisotopic (exact) mass is 403 g/mol. The molecule has 0 unspecified atom stereocenters. The van der Waals surface area contributed by atoms with Crippen LogP contribution in [0, 0.1) is 10.1 Å². The lowest BCUT2D eigenvalue weighted by molar-refractivity contribution is -0.384. The number of nitrogens with zero attached hydrogens (tertiary/aromatic N) is 3. The maximum atomic E-state index is 12.6. The van der Waals surface area contributed by atoms with E-state index in [-0.39, 0.29) is 11.6 Å². The van der Waals surface area contributed by atoms with E-state index in [1.165, 1.54) is 6.07 Å². The van der Waals surface area contributed by atoms with Gasteiger partial charge in [-0.05, 0) is 36.8 Å². The van der Waals surface area contributed by atoms with Gasteiger partial charge in [0.05, 0.1) is 18.0 Å². The molecule has 1 amide bonds. The Labute approximate surface area is 168 Å². The van der Waals surface area contributed by atoms with Crippen LogP contribution in [0.2, 0.25) is 5.02 Å². The van der Waals surface area contributed by atoms with Crippen LogP contribution in [0.4, 0.5) is 11.4 Å². The van der Waals surface area contributed by atoms with Gasteiger partial charge in [-0.15, -0.1) is 0 Å². The molecule has 3 rings (SSSR count). The molecule has 0 spiro atoms. The Morgan fingerprint density at radius 3 is 2.43 bits per heavy atom. The third-order valence-corrected chi connectivity index (χ3v) is 4.93. The number of nitro groups is 1. The van der Waals surface area contributed by atoms with Gasteiger partial charge in [-0.2, -0.15) is 0 Å². The van der Waals surface area contributed by atoms with E-state index in [0.29, 0.717) is 49.9 Å². The molecule has 0 aliphatic carbocycles. The Balaban J connectivity index is 1.59. The summed E-state index contributed by atoms with van der Waals surface area (Å²) in [5.41, 5.74) is 1.46. The van der Waals surface area contributed by atoms with Crippen molar-refractivity contribution in [2.45, 2.75) is 13.3 Å². The van der Waals surface area contributed by atoms with Crippen LogP contribution in [0.3, 0.4) is 0 Å². The zero-order chi connectivity index (χ0) is 20.1. The number of hydrogen-bond acceptors (Lipinski definition) is 5. The first-order valence-electron chi connectivity index (χ1n) is 9.16. The molecule has 0 N–H and O–H groups in total. The van der Waals surface area contributed by atoms with E-state index in [9.17, 15) is 14.9 Å². The van der Waals surface area contributed by atoms with E-state index < -0.39 is 4.92 Å². The topological polar surface area (TPSA) is 75.9 Å². The molecule has 1 fully saturated rings. The predicted octanol–water partition coefficient (Wildman–Crippen LogP) is 3.54. The van der Waals surface area contributed by atoms with Crippen molar-refractivity contribution in [3.8, 4) is 5.75 Å². The number of rotatable bonds is 6. The molecule has 0 aromatic heterocycles. The molecular weight excluding hydrogens is 382 g/mol. The number of hydrogen-bond donors (Lipinski definition) is 0. The SMILES string of the molecule is CCOc1ccc(CC(=O)N2CCN(c3ccc(Cl)cc3[N+](=O)[O-])CC2)cc1. The maximum Gasteiger partial charge on any atom is 0.294 e. The number of piperazine rings is 1. The van der Waals surface area contributed by atoms with Crippen LogP contribution in [0.25, 0.3) is 0 Å². The fourth-order valence-corrected chi connectivity index (χ4v) is 3.43. The molecule has 7 nitrogen and oxygen atoms in total. The summed E-state index contributed by atoms with van der Waals surface area (Å²) in [5, 5.41) is 11.6. The van der Waals surface area contributed by atoms with Gasteiger partial charge in [0.2, 0.25) is 5.91 Å². The number of carbonyl (C=O) groups is 1. The highest BCUT2D eigenvalue weighted by Gasteiger charge is 2.26. The lowest BCUT2D eigenvalue weighted by Gasteiger charge is -2.36.